The molecule has 114 valence electrons. The Morgan fingerprint density at radius 3 is 2.86 bits per heavy atom. The summed E-state index contributed by atoms with van der Waals surface area (Å²) in [4.78, 5) is 18.0. The van der Waals surface area contributed by atoms with Crippen LogP contribution in [0.15, 0.2) is 24.7 Å². The fourth-order valence-corrected chi connectivity index (χ4v) is 3.08. The number of nitrogen functional groups attached to an aromatic ring is 1. The summed E-state index contributed by atoms with van der Waals surface area (Å²) in [6.45, 7) is 2.60. The number of nitrogens with zero attached hydrogens (tertiary/aromatic N) is 4. The van der Waals surface area contributed by atoms with Crippen molar-refractivity contribution in [1.82, 2.24) is 14.8 Å². The first-order valence-corrected chi connectivity index (χ1v) is 7.34. The standard InChI is InChI=1S/C15H17N5O2/c1-8(20-7-11(16)5-18-20)9-3-13(21)14(17-4-9)19-6-10-2-12(10)15(19)22/h3-5,7-8,10,12,21H,2,6,16H2,1H3/t8?,10-,12-/m1/s1. The van der Waals surface area contributed by atoms with E-state index >= 15 is 0 Å². The number of carbonyl (C=O) groups excluding carboxylic acids is 1. The second kappa shape index (κ2) is 4.46. The first kappa shape index (κ1) is 13.1. The number of hydrogen-bond donors (Lipinski definition) is 2. The number of amides is 1. The van der Waals surface area contributed by atoms with Crippen molar-refractivity contribution < 1.29 is 9.90 Å². The van der Waals surface area contributed by atoms with Crippen LogP contribution in [0.5, 0.6) is 5.75 Å². The van der Waals surface area contributed by atoms with Crippen LogP contribution in [0.25, 0.3) is 0 Å². The molecule has 1 aliphatic heterocycles. The Labute approximate surface area is 127 Å². The number of nitrogens with two attached hydrogens (primary N) is 1. The summed E-state index contributed by atoms with van der Waals surface area (Å²) in [5.74, 6) is 1.05. The van der Waals surface area contributed by atoms with Gasteiger partial charge in [0.2, 0.25) is 5.91 Å². The molecule has 2 fully saturated rings. The van der Waals surface area contributed by atoms with Crippen LogP contribution in [0.1, 0.15) is 24.9 Å². The van der Waals surface area contributed by atoms with E-state index in [1.807, 2.05) is 6.92 Å². The molecule has 2 aliphatic rings. The fourth-order valence-electron chi connectivity index (χ4n) is 3.08. The van der Waals surface area contributed by atoms with Crippen LogP contribution < -0.4 is 10.6 Å². The van der Waals surface area contributed by atoms with E-state index in [1.165, 1.54) is 0 Å². The summed E-state index contributed by atoms with van der Waals surface area (Å²) in [6.07, 6.45) is 5.96. The first-order valence-electron chi connectivity index (χ1n) is 7.34. The van der Waals surface area contributed by atoms with Gasteiger partial charge in [-0.2, -0.15) is 5.10 Å². The molecule has 1 saturated heterocycles. The molecule has 0 bridgehead atoms. The predicted octanol–water partition coefficient (Wildman–Crippen LogP) is 1.16. The highest BCUT2D eigenvalue weighted by Gasteiger charge is 2.53. The second-order valence-corrected chi connectivity index (χ2v) is 6.09. The molecule has 2 aromatic rings. The Balaban J connectivity index is 1.61. The van der Waals surface area contributed by atoms with Crippen molar-refractivity contribution in [1.29, 1.82) is 0 Å². The van der Waals surface area contributed by atoms with E-state index in [4.69, 9.17) is 5.73 Å². The van der Waals surface area contributed by atoms with Crippen molar-refractivity contribution in [3.8, 4) is 5.75 Å². The summed E-state index contributed by atoms with van der Waals surface area (Å²) in [5, 5.41) is 14.4. The lowest BCUT2D eigenvalue weighted by Crippen LogP contribution is -2.28. The first-order chi connectivity index (χ1) is 10.5. The van der Waals surface area contributed by atoms with Crippen LogP contribution in [-0.4, -0.2) is 32.3 Å². The molecule has 3 heterocycles. The number of fused-ring (bicyclic) bond motifs is 1. The van der Waals surface area contributed by atoms with Crippen molar-refractivity contribution in [3.63, 3.8) is 0 Å². The highest BCUT2D eigenvalue weighted by atomic mass is 16.3. The van der Waals surface area contributed by atoms with Gasteiger partial charge in [0, 0.05) is 24.9 Å². The number of rotatable bonds is 3. The smallest absolute Gasteiger partial charge is 0.231 e. The van der Waals surface area contributed by atoms with E-state index in [0.29, 0.717) is 24.0 Å². The van der Waals surface area contributed by atoms with Gasteiger partial charge in [-0.1, -0.05) is 0 Å². The van der Waals surface area contributed by atoms with Gasteiger partial charge in [0.05, 0.1) is 17.9 Å². The van der Waals surface area contributed by atoms with Crippen molar-refractivity contribution >= 4 is 17.4 Å². The molecule has 3 N–H and O–H groups in total. The van der Waals surface area contributed by atoms with E-state index < -0.39 is 0 Å². The largest absolute Gasteiger partial charge is 0.504 e. The van der Waals surface area contributed by atoms with Crippen LogP contribution in [0.2, 0.25) is 0 Å². The van der Waals surface area contributed by atoms with Gasteiger partial charge in [0.1, 0.15) is 0 Å². The molecule has 1 amide bonds. The highest BCUT2D eigenvalue weighted by Crippen LogP contribution is 2.48. The van der Waals surface area contributed by atoms with Crippen LogP contribution in [-0.2, 0) is 4.79 Å². The van der Waals surface area contributed by atoms with Crippen LogP contribution >= 0.6 is 0 Å². The molecule has 1 aliphatic carbocycles. The van der Waals surface area contributed by atoms with Crippen molar-refractivity contribution in [2.75, 3.05) is 17.2 Å². The molecular formula is C15H17N5O2. The minimum atomic E-state index is -0.104. The SMILES string of the molecule is CC(c1cnc(N2C[C@H]3C[C@H]3C2=O)c(O)c1)n1cc(N)cn1. The van der Waals surface area contributed by atoms with E-state index in [0.717, 1.165) is 12.0 Å². The summed E-state index contributed by atoms with van der Waals surface area (Å²) in [7, 11) is 0. The maximum atomic E-state index is 12.1. The highest BCUT2D eigenvalue weighted by molar-refractivity contribution is 6.00. The molecule has 2 aromatic heterocycles. The zero-order valence-corrected chi connectivity index (χ0v) is 12.2. The maximum absolute atomic E-state index is 12.1. The monoisotopic (exact) mass is 299 g/mol. The van der Waals surface area contributed by atoms with E-state index in [9.17, 15) is 9.90 Å². The molecule has 0 aromatic carbocycles. The van der Waals surface area contributed by atoms with E-state index in [2.05, 4.69) is 10.1 Å². The number of hydrogen-bond acceptors (Lipinski definition) is 5. The van der Waals surface area contributed by atoms with E-state index in [1.54, 1.807) is 34.2 Å². The minimum Gasteiger partial charge on any atom is -0.504 e. The lowest BCUT2D eigenvalue weighted by Gasteiger charge is -2.20. The minimum absolute atomic E-state index is 0.0270. The second-order valence-electron chi connectivity index (χ2n) is 6.09. The summed E-state index contributed by atoms with van der Waals surface area (Å²) in [6, 6.07) is 1.54. The van der Waals surface area contributed by atoms with Gasteiger partial charge in [0.15, 0.2) is 11.6 Å². The molecule has 0 spiro atoms. The fraction of sp³-hybridized carbons (Fsp3) is 0.400. The molecule has 1 unspecified atom stereocenters. The topological polar surface area (TPSA) is 97.3 Å². The lowest BCUT2D eigenvalue weighted by molar-refractivity contribution is -0.118. The maximum Gasteiger partial charge on any atom is 0.231 e. The summed E-state index contributed by atoms with van der Waals surface area (Å²) in [5.41, 5.74) is 7.06. The Bertz CT molecular complexity index is 756. The van der Waals surface area contributed by atoms with Gasteiger partial charge in [-0.25, -0.2) is 4.98 Å². The normalized spacial score (nSPS) is 24.4. The van der Waals surface area contributed by atoms with Crippen LogP contribution in [0.3, 0.4) is 0 Å². The summed E-state index contributed by atoms with van der Waals surface area (Å²) < 4.78 is 1.71. The van der Waals surface area contributed by atoms with Gasteiger partial charge in [0.25, 0.3) is 0 Å². The van der Waals surface area contributed by atoms with Crippen molar-refractivity contribution in [2.24, 2.45) is 11.8 Å². The number of pyridine rings is 1. The van der Waals surface area contributed by atoms with Crippen LogP contribution in [0, 0.1) is 11.8 Å². The molecule has 7 heteroatoms. The number of anilines is 2. The number of piperidine rings is 1. The number of aromatic nitrogens is 3. The molecule has 1 saturated carbocycles. The third-order valence-electron chi connectivity index (χ3n) is 4.55. The molecule has 4 rings (SSSR count). The van der Waals surface area contributed by atoms with Gasteiger partial charge < -0.3 is 10.8 Å². The zero-order valence-electron chi connectivity index (χ0n) is 12.2. The molecule has 7 nitrogen and oxygen atoms in total. The molecule has 0 radical (unpaired) electrons. The molecule has 22 heavy (non-hydrogen) atoms. The van der Waals surface area contributed by atoms with Crippen molar-refractivity contribution in [2.45, 2.75) is 19.4 Å². The van der Waals surface area contributed by atoms with Gasteiger partial charge in [-0.15, -0.1) is 0 Å². The zero-order chi connectivity index (χ0) is 15.4. The average molecular weight is 299 g/mol. The third-order valence-corrected chi connectivity index (χ3v) is 4.55. The third kappa shape index (κ3) is 1.93. The molecular weight excluding hydrogens is 282 g/mol. The predicted molar refractivity (Wildman–Crippen MR) is 80.3 cm³/mol. The Morgan fingerprint density at radius 2 is 2.27 bits per heavy atom. The number of carbonyl (C=O) groups is 1. The Hall–Kier alpha value is -2.57. The Morgan fingerprint density at radius 1 is 1.45 bits per heavy atom. The quantitative estimate of drug-likeness (QED) is 0.886. The number of aromatic hydroxyl groups is 1. The Kier molecular flexibility index (Phi) is 2.66. The van der Waals surface area contributed by atoms with Gasteiger partial charge in [-0.3, -0.25) is 14.4 Å². The van der Waals surface area contributed by atoms with E-state index in [-0.39, 0.29) is 23.6 Å². The average Bonchev–Trinajstić information content (AvgIpc) is 3.03. The van der Waals surface area contributed by atoms with Crippen molar-refractivity contribution in [3.05, 3.63) is 30.2 Å². The van der Waals surface area contributed by atoms with Gasteiger partial charge in [-0.05, 0) is 30.9 Å². The lowest BCUT2D eigenvalue weighted by atomic mass is 10.1. The summed E-state index contributed by atoms with van der Waals surface area (Å²) >= 11 is 0. The van der Waals surface area contributed by atoms with Gasteiger partial charge >= 0.3 is 0 Å². The van der Waals surface area contributed by atoms with Crippen LogP contribution in [0.4, 0.5) is 11.5 Å². The molecule has 3 atom stereocenters.